The van der Waals surface area contributed by atoms with Crippen LogP contribution >= 0.6 is 0 Å². The maximum atomic E-state index is 8.65. The molecular weight excluding hydrogens is 1280 g/mol. The van der Waals surface area contributed by atoms with E-state index < -0.39 is 36.9 Å². The Hall–Kier alpha value is -11.5. The maximum Gasteiger partial charge on any atom is 0.260 e. The van der Waals surface area contributed by atoms with Gasteiger partial charge in [-0.25, -0.2) is 0 Å². The van der Waals surface area contributed by atoms with Crippen LogP contribution in [0.4, 0.5) is 0 Å². The Labute approximate surface area is 640 Å². The number of hydrogen-bond donors (Lipinski definition) is 0. The summed E-state index contributed by atoms with van der Waals surface area (Å²) in [6, 6.07) is 36.0. The Kier molecular flexibility index (Phi) is 10.8. The average Bonchev–Trinajstić information content (AvgIpc) is 0.724. The van der Waals surface area contributed by atoms with Gasteiger partial charge in [-0.2, -0.15) is 0 Å². The summed E-state index contributed by atoms with van der Waals surface area (Å²) in [7, 11) is 0. The van der Waals surface area contributed by atoms with E-state index in [1.807, 2.05) is 86.6 Å². The second-order valence-electron chi connectivity index (χ2n) is 30.0. The van der Waals surface area contributed by atoms with Crippen molar-refractivity contribution in [3.05, 3.63) is 288 Å². The predicted molar refractivity (Wildman–Crippen MR) is 428 cm³/mol. The molecule has 0 aromatic heterocycles. The van der Waals surface area contributed by atoms with Gasteiger partial charge in [0.05, 0.1) is 28.8 Å². The first-order chi connectivity index (χ1) is 58.9. The maximum absolute atomic E-state index is 8.65. The molecule has 8 nitrogen and oxygen atoms in total. The molecule has 0 spiro atoms. The van der Waals surface area contributed by atoms with Crippen molar-refractivity contribution in [1.82, 2.24) is 0 Å². The van der Waals surface area contributed by atoms with Crippen molar-refractivity contribution >= 4 is 92.4 Å². The van der Waals surface area contributed by atoms with Crippen LogP contribution in [-0.4, -0.2) is 26.9 Å². The Morgan fingerprint density at radius 3 is 0.933 bits per heavy atom. The van der Waals surface area contributed by atoms with Crippen LogP contribution in [0.1, 0.15) is 119 Å². The summed E-state index contributed by atoms with van der Waals surface area (Å²) in [5.41, 5.74) is 13.4. The largest absolute Gasteiger partial charge is 0.458 e. The molecule has 0 aliphatic carbocycles. The van der Waals surface area contributed by atoms with E-state index >= 15 is 0 Å². The van der Waals surface area contributed by atoms with Crippen LogP contribution in [0, 0.1) is 13.8 Å². The summed E-state index contributed by atoms with van der Waals surface area (Å²) in [6.07, 6.45) is 0. The molecular formula is C92H76B4O8. The molecule has 504 valence electrons. The summed E-state index contributed by atoms with van der Waals surface area (Å²) in [5, 5.41) is 0. The Bertz CT molecular complexity index is 6960. The fraction of sp³-hybridized carbons (Fsp3) is 0.152. The van der Waals surface area contributed by atoms with E-state index in [-0.39, 0.29) is 167 Å². The second kappa shape index (κ2) is 24.6. The molecule has 12 heteroatoms. The first-order valence-corrected chi connectivity index (χ1v) is 34.5. The second-order valence-corrected chi connectivity index (χ2v) is 30.0. The van der Waals surface area contributed by atoms with Gasteiger partial charge in [0.15, 0.2) is 0 Å². The van der Waals surface area contributed by atoms with Gasteiger partial charge in [0.25, 0.3) is 26.9 Å². The van der Waals surface area contributed by atoms with Gasteiger partial charge in [0.2, 0.25) is 0 Å². The SMILES string of the molecule is [2H]c1c([2H])c([2H])c(-c2ccc3c(c2)B2c4c(cccc4Oc4c([2H])c([2H])c([2H])c([2H])c42)O3)c([2H])c1[2H].[2H]c1c([2H])c([2H])c2c(c1[2H])Oc1cc(C)cc3c1B2c1cc(C(C)(C)C)ccc1O3.[2H]c1c([2H])c([2H])c2c(c1[2H])Oc1cc(C)cc3c1B2c1ccc(C(C)(C)C)cc1O3.[2H]c1c([2H])c([2H])c2c(c1[2H])Oc1cccc3c1B2c1cc(C(C)(C)C)ccc1O3. The molecule has 0 amide bonds. The van der Waals surface area contributed by atoms with Gasteiger partial charge in [-0.1, -0.05) is 226 Å². The molecule has 8 aliphatic rings. The summed E-state index contributed by atoms with van der Waals surface area (Å²) >= 11 is 0. The van der Waals surface area contributed by atoms with E-state index in [2.05, 4.69) is 86.6 Å². The molecule has 13 aromatic carbocycles. The van der Waals surface area contributed by atoms with Gasteiger partial charge < -0.3 is 37.9 Å². The molecule has 21 rings (SSSR count). The third kappa shape index (κ3) is 11.2. The molecule has 0 bridgehead atoms. The highest BCUT2D eigenvalue weighted by Crippen LogP contribution is 2.42. The number of para-hydroxylation sites is 4. The standard InChI is InChI=1S/C24H15BO2.2C23H21BO2.C22H19BO2/c1-2-7-16(8-3-1)17-13-14-21-19(15-17)25-18-9-4-5-10-20(18)26-22-11-6-12-23(27-21)24(22)25;1-14-11-20-22-21(12-14)26-19-10-9-15(23(2,3)4)13-17(19)24(22)16-7-5-6-8-18(16)25-20;1-14-11-20-22-21(12-14)26-19-13-15(23(2,3)4)9-10-17(19)24(22)16-7-5-6-8-18(16)25-20;1-22(2,3)14-11-12-18-16(13-14)23-15-7-4-5-8-17(15)24-19-9-6-10-20(25-18)21(19)23/h1-15H;2*5-13H,1-4H3;4-13H,1-3H3/i1D,2D,3D,4D,5D,7D,8D,9D,10D;2*5D,6D,7D,8D;4D,5D,7D,8D. The van der Waals surface area contributed by atoms with E-state index in [1.54, 1.807) is 36.4 Å². The van der Waals surface area contributed by atoms with Crippen molar-refractivity contribution < 1.29 is 66.7 Å². The van der Waals surface area contributed by atoms with Gasteiger partial charge >= 0.3 is 0 Å². The van der Waals surface area contributed by atoms with E-state index in [0.717, 1.165) is 66.3 Å². The number of fused-ring (bicyclic) bond motifs is 16. The quantitative estimate of drug-likeness (QED) is 0.151. The topological polar surface area (TPSA) is 73.8 Å². The van der Waals surface area contributed by atoms with Crippen LogP contribution in [0.3, 0.4) is 0 Å². The van der Waals surface area contributed by atoms with Crippen LogP contribution < -0.4 is 103 Å². The molecule has 104 heavy (non-hydrogen) atoms. The molecule has 8 aliphatic heterocycles. The van der Waals surface area contributed by atoms with E-state index in [9.17, 15) is 0 Å². The summed E-state index contributed by atoms with van der Waals surface area (Å²) < 4.78 is 223. The summed E-state index contributed by atoms with van der Waals surface area (Å²) in [4.78, 5) is 0. The highest BCUT2D eigenvalue weighted by atomic mass is 16.5. The van der Waals surface area contributed by atoms with E-state index in [4.69, 9.17) is 66.7 Å². The summed E-state index contributed by atoms with van der Waals surface area (Å²) in [5.74, 6) is 7.78. The normalized spacial score (nSPS) is 16.5. The van der Waals surface area contributed by atoms with Crippen molar-refractivity contribution in [2.75, 3.05) is 0 Å². The minimum absolute atomic E-state index is 0.0247. The fourth-order valence-corrected chi connectivity index (χ4v) is 14.9. The molecule has 0 atom stereocenters. The zero-order chi connectivity index (χ0) is 89.4. The Morgan fingerprint density at radius 1 is 0.231 bits per heavy atom. The van der Waals surface area contributed by atoms with E-state index in [0.29, 0.717) is 96.1 Å². The Morgan fingerprint density at radius 2 is 0.529 bits per heavy atom. The number of ether oxygens (including phenoxy) is 8. The monoisotopic (exact) mass is 1370 g/mol. The van der Waals surface area contributed by atoms with Gasteiger partial charge in [-0.05, 0) is 210 Å². The van der Waals surface area contributed by atoms with Crippen LogP contribution in [0.5, 0.6) is 92.0 Å². The molecule has 8 heterocycles. The lowest BCUT2D eigenvalue weighted by molar-refractivity contribution is 0.462. The molecule has 0 saturated heterocycles. The van der Waals surface area contributed by atoms with Crippen molar-refractivity contribution in [3.63, 3.8) is 0 Å². The van der Waals surface area contributed by atoms with E-state index in [1.165, 1.54) is 0 Å². The molecule has 0 fully saturated rings. The first-order valence-electron chi connectivity index (χ1n) is 45.0. The lowest BCUT2D eigenvalue weighted by Crippen LogP contribution is -2.57. The first kappa shape index (κ1) is 45.5. The van der Waals surface area contributed by atoms with Gasteiger partial charge in [-0.15, -0.1) is 0 Å². The van der Waals surface area contributed by atoms with Crippen molar-refractivity contribution in [2.45, 2.75) is 92.4 Å². The van der Waals surface area contributed by atoms with Crippen LogP contribution in [0.25, 0.3) is 11.1 Å². The van der Waals surface area contributed by atoms with Crippen molar-refractivity contribution in [2.24, 2.45) is 0 Å². The zero-order valence-electron chi connectivity index (χ0n) is 79.8. The molecule has 0 unspecified atom stereocenters. The minimum atomic E-state index is -0.685. The van der Waals surface area contributed by atoms with Crippen LogP contribution in [-0.2, 0) is 16.2 Å². The van der Waals surface area contributed by atoms with Gasteiger partial charge in [0, 0.05) is 21.9 Å². The summed E-state index contributed by atoms with van der Waals surface area (Å²) in [6.45, 7) is 21.4. The van der Waals surface area contributed by atoms with Crippen LogP contribution in [0.15, 0.2) is 260 Å². The molecule has 0 saturated carbocycles. The number of benzene rings is 13. The predicted octanol–water partition coefficient (Wildman–Crippen LogP) is 15.8. The fourth-order valence-electron chi connectivity index (χ4n) is 14.9. The molecule has 0 N–H and O–H groups in total. The number of rotatable bonds is 1. The van der Waals surface area contributed by atoms with Crippen molar-refractivity contribution in [3.8, 4) is 103 Å². The average molecular weight is 1370 g/mol. The third-order valence-electron chi connectivity index (χ3n) is 20.0. The number of aryl methyl sites for hydroxylation is 2. The van der Waals surface area contributed by atoms with Crippen molar-refractivity contribution in [1.29, 1.82) is 0 Å². The third-order valence-corrected chi connectivity index (χ3v) is 20.0. The minimum Gasteiger partial charge on any atom is -0.458 e. The van der Waals surface area contributed by atoms with Gasteiger partial charge in [-0.3, -0.25) is 0 Å². The van der Waals surface area contributed by atoms with Crippen LogP contribution in [0.2, 0.25) is 0 Å². The van der Waals surface area contributed by atoms with Gasteiger partial charge in [0.1, 0.15) is 92.0 Å². The molecule has 0 radical (unpaired) electrons. The zero-order valence-corrected chi connectivity index (χ0v) is 58.8. The lowest BCUT2D eigenvalue weighted by atomic mass is 9.34. The smallest absolute Gasteiger partial charge is 0.260 e. The highest BCUT2D eigenvalue weighted by Gasteiger charge is 2.45. The Balaban J connectivity index is 0.000000114. The lowest BCUT2D eigenvalue weighted by Gasteiger charge is -2.34. The molecule has 13 aromatic rings. The highest BCUT2D eigenvalue weighted by molar-refractivity contribution is 7.00. The number of hydrogen-bond acceptors (Lipinski definition) is 8.